The van der Waals surface area contributed by atoms with E-state index in [0.29, 0.717) is 17.1 Å². The summed E-state index contributed by atoms with van der Waals surface area (Å²) in [7, 11) is 0. The summed E-state index contributed by atoms with van der Waals surface area (Å²) in [6.07, 6.45) is 3.16. The number of ether oxygens (including phenoxy) is 1. The van der Waals surface area contributed by atoms with Crippen LogP contribution in [0.25, 0.3) is 17.2 Å². The van der Waals surface area contributed by atoms with Gasteiger partial charge in [0, 0.05) is 18.0 Å². The molecule has 3 aromatic heterocycles. The molecule has 118 valence electrons. The zero-order chi connectivity index (χ0) is 16.4. The third kappa shape index (κ3) is 2.83. The van der Waals surface area contributed by atoms with Crippen molar-refractivity contribution in [1.82, 2.24) is 24.6 Å². The first kappa shape index (κ1) is 14.9. The Hall–Kier alpha value is -3.03. The molecular formula is C15H15N5O3. The van der Waals surface area contributed by atoms with Gasteiger partial charge in [-0.3, -0.25) is 19.7 Å². The van der Waals surface area contributed by atoms with Crippen LogP contribution in [0.1, 0.15) is 18.2 Å². The average molecular weight is 313 g/mol. The number of nitrogens with one attached hydrogen (secondary N) is 1. The highest BCUT2D eigenvalue weighted by Gasteiger charge is 2.17. The number of fused-ring (bicyclic) bond motifs is 1. The van der Waals surface area contributed by atoms with E-state index in [9.17, 15) is 9.59 Å². The predicted molar refractivity (Wildman–Crippen MR) is 81.9 cm³/mol. The maximum Gasteiger partial charge on any atom is 0.310 e. The molecule has 0 saturated heterocycles. The van der Waals surface area contributed by atoms with Crippen LogP contribution >= 0.6 is 0 Å². The third-order valence-corrected chi connectivity index (χ3v) is 3.38. The maximum atomic E-state index is 12.6. The van der Waals surface area contributed by atoms with E-state index in [2.05, 4.69) is 20.1 Å². The van der Waals surface area contributed by atoms with E-state index in [1.54, 1.807) is 38.4 Å². The zero-order valence-corrected chi connectivity index (χ0v) is 12.7. The second-order valence-electron chi connectivity index (χ2n) is 4.91. The van der Waals surface area contributed by atoms with E-state index in [0.717, 1.165) is 5.56 Å². The van der Waals surface area contributed by atoms with Crippen LogP contribution in [0.2, 0.25) is 0 Å². The quantitative estimate of drug-likeness (QED) is 0.718. The summed E-state index contributed by atoms with van der Waals surface area (Å²) >= 11 is 0. The van der Waals surface area contributed by atoms with Crippen molar-refractivity contribution in [2.45, 2.75) is 20.3 Å². The molecule has 0 aromatic carbocycles. The number of hydrogen-bond donors (Lipinski definition) is 1. The van der Waals surface area contributed by atoms with Gasteiger partial charge in [0.05, 0.1) is 24.3 Å². The minimum absolute atomic E-state index is 0.113. The Bertz CT molecular complexity index is 914. The summed E-state index contributed by atoms with van der Waals surface area (Å²) in [6, 6.07) is 3.55. The number of aryl methyl sites for hydroxylation is 1. The molecule has 3 aromatic rings. The number of aromatic amines is 1. The van der Waals surface area contributed by atoms with Crippen LogP contribution in [-0.2, 0) is 16.0 Å². The molecule has 0 unspecified atom stereocenters. The van der Waals surface area contributed by atoms with Gasteiger partial charge in [-0.25, -0.2) is 4.98 Å². The molecule has 8 heteroatoms. The first-order chi connectivity index (χ1) is 11.1. The SMILES string of the molecule is CCOC(=O)Cc1c(C)nc2nc(-c3ccncc3)[nH]n2c1=O. The number of pyridine rings is 1. The van der Waals surface area contributed by atoms with Crippen LogP contribution in [0.5, 0.6) is 0 Å². The molecule has 3 heterocycles. The Morgan fingerprint density at radius 3 is 2.74 bits per heavy atom. The molecule has 0 aliphatic carbocycles. The Balaban J connectivity index is 2.08. The Labute approximate surface area is 131 Å². The topological polar surface area (TPSA) is 102 Å². The summed E-state index contributed by atoms with van der Waals surface area (Å²) < 4.78 is 6.13. The molecule has 0 aliphatic rings. The van der Waals surface area contributed by atoms with Crippen molar-refractivity contribution < 1.29 is 9.53 Å². The standard InChI is InChI=1S/C15H15N5O3/c1-3-23-12(21)8-11-9(2)17-15-18-13(19-20(15)14(11)22)10-4-6-16-7-5-10/h4-7H,3,8H2,1-2H3,(H,17,18,19). The smallest absolute Gasteiger partial charge is 0.310 e. The molecule has 0 atom stereocenters. The van der Waals surface area contributed by atoms with Gasteiger partial charge in [-0.1, -0.05) is 0 Å². The highest BCUT2D eigenvalue weighted by molar-refractivity contribution is 5.72. The zero-order valence-electron chi connectivity index (χ0n) is 12.7. The van der Waals surface area contributed by atoms with Gasteiger partial charge < -0.3 is 4.74 Å². The van der Waals surface area contributed by atoms with Crippen molar-refractivity contribution in [2.24, 2.45) is 0 Å². The van der Waals surface area contributed by atoms with E-state index in [4.69, 9.17) is 4.74 Å². The van der Waals surface area contributed by atoms with E-state index in [1.165, 1.54) is 4.52 Å². The second-order valence-corrected chi connectivity index (χ2v) is 4.91. The minimum atomic E-state index is -0.455. The average Bonchev–Trinajstić information content (AvgIpc) is 2.97. The summed E-state index contributed by atoms with van der Waals surface area (Å²) in [4.78, 5) is 36.8. The Kier molecular flexibility index (Phi) is 3.88. The van der Waals surface area contributed by atoms with Crippen molar-refractivity contribution in [1.29, 1.82) is 0 Å². The van der Waals surface area contributed by atoms with Crippen LogP contribution in [0.15, 0.2) is 29.3 Å². The van der Waals surface area contributed by atoms with Crippen molar-refractivity contribution in [3.63, 3.8) is 0 Å². The number of hydrogen-bond acceptors (Lipinski definition) is 6. The van der Waals surface area contributed by atoms with Gasteiger partial charge in [0.1, 0.15) is 0 Å². The predicted octanol–water partition coefficient (Wildman–Crippen LogP) is 0.894. The van der Waals surface area contributed by atoms with Crippen LogP contribution in [0, 0.1) is 6.92 Å². The van der Waals surface area contributed by atoms with E-state index in [1.807, 2.05) is 0 Å². The van der Waals surface area contributed by atoms with Gasteiger partial charge in [0.15, 0.2) is 5.82 Å². The van der Waals surface area contributed by atoms with Crippen LogP contribution in [0.4, 0.5) is 0 Å². The highest BCUT2D eigenvalue weighted by Crippen LogP contribution is 2.14. The number of aromatic nitrogens is 5. The van der Waals surface area contributed by atoms with Crippen molar-refractivity contribution in [3.05, 3.63) is 46.1 Å². The molecule has 0 fully saturated rings. The van der Waals surface area contributed by atoms with Crippen molar-refractivity contribution in [3.8, 4) is 11.4 Å². The van der Waals surface area contributed by atoms with Gasteiger partial charge in [-0.05, 0) is 26.0 Å². The van der Waals surface area contributed by atoms with Gasteiger partial charge in [0.2, 0.25) is 0 Å². The first-order valence-corrected chi connectivity index (χ1v) is 7.14. The molecular weight excluding hydrogens is 298 g/mol. The van der Waals surface area contributed by atoms with Crippen LogP contribution in [-0.4, -0.2) is 37.1 Å². The van der Waals surface area contributed by atoms with Gasteiger partial charge >= 0.3 is 5.97 Å². The lowest BCUT2D eigenvalue weighted by molar-refractivity contribution is -0.142. The third-order valence-electron chi connectivity index (χ3n) is 3.38. The molecule has 23 heavy (non-hydrogen) atoms. The minimum Gasteiger partial charge on any atom is -0.466 e. The van der Waals surface area contributed by atoms with Gasteiger partial charge in [-0.2, -0.15) is 9.50 Å². The molecule has 0 radical (unpaired) electrons. The fourth-order valence-electron chi connectivity index (χ4n) is 2.25. The number of carbonyl (C=O) groups is 1. The van der Waals surface area contributed by atoms with Crippen LogP contribution in [0.3, 0.4) is 0 Å². The van der Waals surface area contributed by atoms with Crippen LogP contribution < -0.4 is 5.56 Å². The fraction of sp³-hybridized carbons (Fsp3) is 0.267. The lowest BCUT2D eigenvalue weighted by atomic mass is 10.2. The molecule has 0 aliphatic heterocycles. The van der Waals surface area contributed by atoms with Gasteiger partial charge in [-0.15, -0.1) is 0 Å². The maximum absolute atomic E-state index is 12.6. The molecule has 8 nitrogen and oxygen atoms in total. The number of nitrogens with zero attached hydrogens (tertiary/aromatic N) is 4. The van der Waals surface area contributed by atoms with Crippen molar-refractivity contribution in [2.75, 3.05) is 6.61 Å². The molecule has 1 N–H and O–H groups in total. The fourth-order valence-corrected chi connectivity index (χ4v) is 2.25. The monoisotopic (exact) mass is 313 g/mol. The second kappa shape index (κ2) is 5.99. The van der Waals surface area contributed by atoms with E-state index in [-0.39, 0.29) is 24.4 Å². The Morgan fingerprint density at radius 2 is 2.04 bits per heavy atom. The molecule has 0 spiro atoms. The van der Waals surface area contributed by atoms with Gasteiger partial charge in [0.25, 0.3) is 11.3 Å². The summed E-state index contributed by atoms with van der Waals surface area (Å²) in [5.74, 6) is 0.305. The molecule has 0 bridgehead atoms. The lowest BCUT2D eigenvalue weighted by Crippen LogP contribution is -2.24. The number of carbonyl (C=O) groups excluding carboxylic acids is 1. The lowest BCUT2D eigenvalue weighted by Gasteiger charge is -2.04. The molecule has 3 rings (SSSR count). The highest BCUT2D eigenvalue weighted by atomic mass is 16.5. The van der Waals surface area contributed by atoms with E-state index < -0.39 is 5.97 Å². The Morgan fingerprint density at radius 1 is 1.30 bits per heavy atom. The van der Waals surface area contributed by atoms with Crippen molar-refractivity contribution >= 4 is 11.7 Å². The first-order valence-electron chi connectivity index (χ1n) is 7.14. The number of rotatable bonds is 4. The summed E-state index contributed by atoms with van der Waals surface area (Å²) in [5.41, 5.74) is 1.20. The number of esters is 1. The summed E-state index contributed by atoms with van der Waals surface area (Å²) in [6.45, 7) is 3.66. The number of H-pyrrole nitrogens is 1. The summed E-state index contributed by atoms with van der Waals surface area (Å²) in [5, 5.41) is 2.90. The largest absolute Gasteiger partial charge is 0.466 e. The molecule has 0 amide bonds. The van der Waals surface area contributed by atoms with E-state index >= 15 is 0 Å². The normalized spacial score (nSPS) is 10.9. The molecule has 0 saturated carbocycles.